The third kappa shape index (κ3) is 3.32. The van der Waals surface area contributed by atoms with Crippen molar-refractivity contribution in [1.82, 2.24) is 0 Å². The number of benzene rings is 2. The van der Waals surface area contributed by atoms with E-state index in [1.807, 2.05) is 0 Å². The highest BCUT2D eigenvalue weighted by atomic mass is 79.9. The number of aliphatic hydroxyl groups is 1. The smallest absolute Gasteiger partial charge is 0.141 e. The molecule has 2 aromatic carbocycles. The summed E-state index contributed by atoms with van der Waals surface area (Å²) in [5, 5.41) is 10.0. The molecule has 0 bridgehead atoms. The number of halogens is 4. The van der Waals surface area contributed by atoms with Crippen LogP contribution in [0.4, 0.5) is 8.78 Å². The van der Waals surface area contributed by atoms with Crippen LogP contribution in [0.25, 0.3) is 0 Å². The molecular weight excluding hydrogens is 338 g/mol. The van der Waals surface area contributed by atoms with Gasteiger partial charge in [-0.3, -0.25) is 0 Å². The first-order valence-electron chi connectivity index (χ1n) is 5.55. The summed E-state index contributed by atoms with van der Waals surface area (Å²) in [6.45, 7) is 0. The van der Waals surface area contributed by atoms with Crippen LogP contribution in [0, 0.1) is 11.6 Å². The zero-order valence-corrected chi connectivity index (χ0v) is 12.0. The highest BCUT2D eigenvalue weighted by Gasteiger charge is 2.14. The van der Waals surface area contributed by atoms with Crippen LogP contribution in [0.5, 0.6) is 0 Å². The molecule has 1 unspecified atom stereocenters. The zero-order valence-electron chi connectivity index (χ0n) is 9.71. The first-order chi connectivity index (χ1) is 8.99. The first-order valence-corrected chi connectivity index (χ1v) is 6.72. The molecule has 0 spiro atoms. The molecule has 0 fully saturated rings. The fourth-order valence-corrected chi connectivity index (χ4v) is 2.37. The molecule has 0 radical (unpaired) electrons. The van der Waals surface area contributed by atoms with Gasteiger partial charge < -0.3 is 5.11 Å². The highest BCUT2D eigenvalue weighted by Crippen LogP contribution is 2.27. The molecule has 1 atom stereocenters. The van der Waals surface area contributed by atoms with Gasteiger partial charge in [-0.25, -0.2) is 8.78 Å². The topological polar surface area (TPSA) is 20.2 Å². The van der Waals surface area contributed by atoms with Gasteiger partial charge in [-0.15, -0.1) is 0 Å². The Hall–Kier alpha value is -0.970. The standard InChI is InChI=1S/C14H10BrClF2O/c15-14-9(2-1-3-12(14)18)7-13(19)8-4-5-11(17)10(16)6-8/h1-6,13,19H,7H2. The van der Waals surface area contributed by atoms with Crippen LogP contribution >= 0.6 is 27.5 Å². The number of aliphatic hydroxyl groups excluding tert-OH is 1. The Balaban J connectivity index is 2.23. The number of rotatable bonds is 3. The second-order valence-corrected chi connectivity index (χ2v) is 5.31. The van der Waals surface area contributed by atoms with Gasteiger partial charge in [0.05, 0.1) is 15.6 Å². The van der Waals surface area contributed by atoms with Crippen LogP contribution in [0.1, 0.15) is 17.2 Å². The minimum atomic E-state index is -0.879. The van der Waals surface area contributed by atoms with E-state index in [4.69, 9.17) is 11.6 Å². The molecular formula is C14H10BrClF2O. The van der Waals surface area contributed by atoms with Gasteiger partial charge in [-0.2, -0.15) is 0 Å². The van der Waals surface area contributed by atoms with Gasteiger partial charge in [0.15, 0.2) is 0 Å². The van der Waals surface area contributed by atoms with Crippen molar-refractivity contribution in [2.75, 3.05) is 0 Å². The van der Waals surface area contributed by atoms with E-state index < -0.39 is 11.9 Å². The molecule has 0 saturated heterocycles. The third-order valence-corrected chi connectivity index (χ3v) is 3.95. The number of hydrogen-bond acceptors (Lipinski definition) is 1. The zero-order chi connectivity index (χ0) is 14.0. The molecule has 0 aromatic heterocycles. The molecule has 1 N–H and O–H groups in total. The second-order valence-electron chi connectivity index (χ2n) is 4.11. The Morgan fingerprint density at radius 3 is 2.58 bits per heavy atom. The highest BCUT2D eigenvalue weighted by molar-refractivity contribution is 9.10. The van der Waals surface area contributed by atoms with E-state index >= 15 is 0 Å². The lowest BCUT2D eigenvalue weighted by Gasteiger charge is -2.13. The quantitative estimate of drug-likeness (QED) is 0.856. The summed E-state index contributed by atoms with van der Waals surface area (Å²) >= 11 is 8.80. The van der Waals surface area contributed by atoms with E-state index in [2.05, 4.69) is 15.9 Å². The molecule has 100 valence electrons. The summed E-state index contributed by atoms with van der Waals surface area (Å²) in [6.07, 6.45) is -0.670. The van der Waals surface area contributed by atoms with E-state index in [1.54, 1.807) is 12.1 Å². The van der Waals surface area contributed by atoms with Crippen LogP contribution in [0.3, 0.4) is 0 Å². The van der Waals surface area contributed by atoms with Crippen LogP contribution in [0.2, 0.25) is 5.02 Å². The lowest BCUT2D eigenvalue weighted by Crippen LogP contribution is -2.03. The summed E-state index contributed by atoms with van der Waals surface area (Å²) in [7, 11) is 0. The molecule has 1 nitrogen and oxygen atoms in total. The summed E-state index contributed by atoms with van der Waals surface area (Å²) in [5.74, 6) is -0.925. The molecule has 0 amide bonds. The minimum absolute atomic E-state index is 0.0464. The fraction of sp³-hybridized carbons (Fsp3) is 0.143. The Kier molecular flexibility index (Phi) is 4.55. The van der Waals surface area contributed by atoms with E-state index in [1.165, 1.54) is 24.3 Å². The molecule has 19 heavy (non-hydrogen) atoms. The predicted molar refractivity (Wildman–Crippen MR) is 74.2 cm³/mol. The molecule has 0 saturated carbocycles. The minimum Gasteiger partial charge on any atom is -0.388 e. The summed E-state index contributed by atoms with van der Waals surface area (Å²) < 4.78 is 26.7. The Bertz CT molecular complexity index is 604. The van der Waals surface area contributed by atoms with E-state index in [0.717, 1.165) is 0 Å². The monoisotopic (exact) mass is 346 g/mol. The second kappa shape index (κ2) is 5.99. The lowest BCUT2D eigenvalue weighted by atomic mass is 10.0. The molecule has 2 aromatic rings. The Morgan fingerprint density at radius 2 is 1.89 bits per heavy atom. The fourth-order valence-electron chi connectivity index (χ4n) is 1.75. The van der Waals surface area contributed by atoms with Crippen molar-refractivity contribution in [3.8, 4) is 0 Å². The average molecular weight is 348 g/mol. The van der Waals surface area contributed by atoms with Crippen molar-refractivity contribution >= 4 is 27.5 Å². The van der Waals surface area contributed by atoms with Gasteiger partial charge in [-0.1, -0.05) is 29.8 Å². The van der Waals surface area contributed by atoms with Crippen LogP contribution in [-0.2, 0) is 6.42 Å². The van der Waals surface area contributed by atoms with E-state index in [0.29, 0.717) is 15.6 Å². The molecule has 0 aliphatic rings. The maximum absolute atomic E-state index is 13.3. The summed E-state index contributed by atoms with van der Waals surface area (Å²) in [5.41, 5.74) is 1.12. The largest absolute Gasteiger partial charge is 0.388 e. The molecule has 0 aliphatic heterocycles. The molecule has 5 heteroatoms. The maximum Gasteiger partial charge on any atom is 0.141 e. The van der Waals surface area contributed by atoms with Gasteiger partial charge in [-0.05, 0) is 45.3 Å². The van der Waals surface area contributed by atoms with E-state index in [-0.39, 0.29) is 17.3 Å². The summed E-state index contributed by atoms with van der Waals surface area (Å²) in [6, 6.07) is 8.63. The predicted octanol–water partition coefficient (Wildman–Crippen LogP) is 4.66. The van der Waals surface area contributed by atoms with Crippen LogP contribution < -0.4 is 0 Å². The average Bonchev–Trinajstić information content (AvgIpc) is 2.38. The molecule has 0 heterocycles. The Morgan fingerprint density at radius 1 is 1.16 bits per heavy atom. The van der Waals surface area contributed by atoms with Gasteiger partial charge in [0.25, 0.3) is 0 Å². The van der Waals surface area contributed by atoms with Gasteiger partial charge in [0, 0.05) is 6.42 Å². The van der Waals surface area contributed by atoms with Crippen LogP contribution in [0.15, 0.2) is 40.9 Å². The van der Waals surface area contributed by atoms with Gasteiger partial charge in [0.2, 0.25) is 0 Å². The van der Waals surface area contributed by atoms with Crippen LogP contribution in [-0.4, -0.2) is 5.11 Å². The first kappa shape index (κ1) is 14.4. The lowest BCUT2D eigenvalue weighted by molar-refractivity contribution is 0.178. The van der Waals surface area contributed by atoms with Gasteiger partial charge in [0.1, 0.15) is 11.6 Å². The van der Waals surface area contributed by atoms with E-state index in [9.17, 15) is 13.9 Å². The normalized spacial score (nSPS) is 12.5. The van der Waals surface area contributed by atoms with Crippen molar-refractivity contribution in [2.24, 2.45) is 0 Å². The van der Waals surface area contributed by atoms with Crippen molar-refractivity contribution in [2.45, 2.75) is 12.5 Å². The molecule has 0 aliphatic carbocycles. The maximum atomic E-state index is 13.3. The third-order valence-electron chi connectivity index (χ3n) is 2.77. The summed E-state index contributed by atoms with van der Waals surface area (Å²) in [4.78, 5) is 0. The van der Waals surface area contributed by atoms with Gasteiger partial charge >= 0.3 is 0 Å². The number of hydrogen-bond donors (Lipinski definition) is 1. The SMILES string of the molecule is OC(Cc1cccc(F)c1Br)c1ccc(F)c(Cl)c1. The van der Waals surface area contributed by atoms with Crippen molar-refractivity contribution in [1.29, 1.82) is 0 Å². The Labute approximate surface area is 123 Å². The van der Waals surface area contributed by atoms with Crippen molar-refractivity contribution in [3.05, 3.63) is 68.7 Å². The van der Waals surface area contributed by atoms with Crippen molar-refractivity contribution < 1.29 is 13.9 Å². The molecule has 2 rings (SSSR count). The van der Waals surface area contributed by atoms with Crippen molar-refractivity contribution in [3.63, 3.8) is 0 Å².